The Morgan fingerprint density at radius 2 is 1.75 bits per heavy atom. The van der Waals surface area contributed by atoms with E-state index in [1.165, 1.54) is 12.1 Å². The lowest BCUT2D eigenvalue weighted by Crippen LogP contribution is -2.40. The van der Waals surface area contributed by atoms with Crippen molar-refractivity contribution in [3.05, 3.63) is 64.3 Å². The highest BCUT2D eigenvalue weighted by atomic mass is 35.5. The summed E-state index contributed by atoms with van der Waals surface area (Å²) in [6.07, 6.45) is -0.749. The number of halogens is 4. The van der Waals surface area contributed by atoms with Gasteiger partial charge in [0.2, 0.25) is 5.91 Å². The molecule has 10 heteroatoms. The van der Waals surface area contributed by atoms with Gasteiger partial charge in [0.15, 0.2) is 0 Å². The molecule has 1 aliphatic carbocycles. The number of nitrogens with one attached hydrogen (secondary N) is 3. The average molecular weight is 517 g/mol. The number of amides is 2. The lowest BCUT2D eigenvalue weighted by atomic mass is 9.90. The minimum absolute atomic E-state index is 0.0458. The van der Waals surface area contributed by atoms with Crippen molar-refractivity contribution in [2.24, 2.45) is 0 Å². The molecule has 1 saturated carbocycles. The first-order valence-corrected chi connectivity index (χ1v) is 12.2. The first kappa shape index (κ1) is 24.4. The summed E-state index contributed by atoms with van der Waals surface area (Å²) in [5.74, 6) is -0.267. The van der Waals surface area contributed by atoms with Crippen LogP contribution in [0.1, 0.15) is 53.7 Å². The number of aromatic nitrogens is 1. The van der Waals surface area contributed by atoms with Gasteiger partial charge in [-0.25, -0.2) is 4.98 Å². The van der Waals surface area contributed by atoms with Crippen LogP contribution in [-0.2, 0) is 17.4 Å². The van der Waals surface area contributed by atoms with Gasteiger partial charge in [0.1, 0.15) is 5.69 Å². The molecule has 2 amide bonds. The Labute approximate surface area is 210 Å². The van der Waals surface area contributed by atoms with E-state index in [2.05, 4.69) is 20.9 Å². The number of fused-ring (bicyclic) bond motifs is 2. The monoisotopic (exact) mass is 516 g/mol. The van der Waals surface area contributed by atoms with Gasteiger partial charge >= 0.3 is 6.18 Å². The molecule has 2 heterocycles. The minimum Gasteiger partial charge on any atom is -0.382 e. The number of hydrogen-bond acceptors (Lipinski definition) is 4. The zero-order valence-corrected chi connectivity index (χ0v) is 20.0. The summed E-state index contributed by atoms with van der Waals surface area (Å²) in [7, 11) is 0. The second kappa shape index (κ2) is 9.61. The molecule has 1 aliphatic heterocycles. The molecule has 36 heavy (non-hydrogen) atoms. The van der Waals surface area contributed by atoms with Gasteiger partial charge in [-0.05, 0) is 74.1 Å². The molecule has 0 bridgehead atoms. The average Bonchev–Trinajstić information content (AvgIpc) is 2.84. The molecule has 5 rings (SSSR count). The minimum atomic E-state index is -4.56. The van der Waals surface area contributed by atoms with Gasteiger partial charge in [-0.2, -0.15) is 13.2 Å². The third kappa shape index (κ3) is 5.26. The maximum atomic E-state index is 13.4. The number of rotatable bonds is 4. The van der Waals surface area contributed by atoms with E-state index in [9.17, 15) is 22.8 Å². The molecule has 3 aromatic rings. The maximum Gasteiger partial charge on any atom is 0.433 e. The highest BCUT2D eigenvalue weighted by molar-refractivity contribution is 6.31. The van der Waals surface area contributed by atoms with E-state index in [1.54, 1.807) is 18.2 Å². The van der Waals surface area contributed by atoms with Crippen molar-refractivity contribution in [1.82, 2.24) is 10.3 Å². The lowest BCUT2D eigenvalue weighted by Gasteiger charge is -2.31. The van der Waals surface area contributed by atoms with Crippen LogP contribution < -0.4 is 16.0 Å². The number of pyridine rings is 1. The summed E-state index contributed by atoms with van der Waals surface area (Å²) in [5, 5.41) is 10.1. The molecule has 0 spiro atoms. The van der Waals surface area contributed by atoms with Crippen molar-refractivity contribution >= 4 is 45.7 Å². The third-order valence-corrected chi connectivity index (χ3v) is 6.99. The van der Waals surface area contributed by atoms with E-state index < -0.39 is 11.9 Å². The van der Waals surface area contributed by atoms with Crippen molar-refractivity contribution < 1.29 is 22.8 Å². The number of hydrogen-bond donors (Lipinski definition) is 3. The lowest BCUT2D eigenvalue weighted by molar-refractivity contribution is -0.140. The van der Waals surface area contributed by atoms with Crippen LogP contribution in [0.15, 0.2) is 42.5 Å². The van der Waals surface area contributed by atoms with Crippen molar-refractivity contribution in [2.75, 3.05) is 10.6 Å². The predicted molar refractivity (Wildman–Crippen MR) is 132 cm³/mol. The molecule has 1 fully saturated rings. The number of carbonyl (C=O) groups excluding carboxylic acids is 2. The summed E-state index contributed by atoms with van der Waals surface area (Å²) in [6.45, 7) is 0. The van der Waals surface area contributed by atoms with Crippen LogP contribution in [0.5, 0.6) is 0 Å². The summed E-state index contributed by atoms with van der Waals surface area (Å²) in [5.41, 5.74) is 1.78. The summed E-state index contributed by atoms with van der Waals surface area (Å²) < 4.78 is 40.2. The molecule has 3 N–H and O–H groups in total. The molecule has 188 valence electrons. The molecule has 0 unspecified atom stereocenters. The van der Waals surface area contributed by atoms with Gasteiger partial charge in [0, 0.05) is 45.9 Å². The summed E-state index contributed by atoms with van der Waals surface area (Å²) in [6, 6.07) is 10.9. The number of aryl methyl sites for hydroxylation is 1. The molecule has 0 radical (unpaired) electrons. The summed E-state index contributed by atoms with van der Waals surface area (Å²) >= 11 is 6.09. The van der Waals surface area contributed by atoms with E-state index in [0.717, 1.165) is 11.6 Å². The van der Waals surface area contributed by atoms with E-state index in [4.69, 9.17) is 11.6 Å². The van der Waals surface area contributed by atoms with E-state index in [0.29, 0.717) is 65.9 Å². The molecule has 0 saturated heterocycles. The van der Waals surface area contributed by atoms with Crippen LogP contribution >= 0.6 is 11.6 Å². The normalized spacial score (nSPS) is 19.9. The molecule has 2 aromatic carbocycles. The second-order valence-corrected chi connectivity index (χ2v) is 9.74. The fourth-order valence-corrected chi connectivity index (χ4v) is 5.02. The van der Waals surface area contributed by atoms with Gasteiger partial charge < -0.3 is 16.0 Å². The zero-order valence-electron chi connectivity index (χ0n) is 19.2. The Kier molecular flexibility index (Phi) is 6.51. The smallest absolute Gasteiger partial charge is 0.382 e. The molecular formula is C26H24ClF3N4O2. The Morgan fingerprint density at radius 3 is 2.50 bits per heavy atom. The SMILES string of the molecule is O=C1CCc2ccc(C(=O)NC3CCC(Nc4cc(C(F)(F)F)nc5ccc(Cl)cc45)CC3)cc2N1. The van der Waals surface area contributed by atoms with Gasteiger partial charge in [-0.1, -0.05) is 17.7 Å². The van der Waals surface area contributed by atoms with Gasteiger partial charge in [-0.15, -0.1) is 0 Å². The van der Waals surface area contributed by atoms with E-state index >= 15 is 0 Å². The number of carbonyl (C=O) groups is 2. The Morgan fingerprint density at radius 1 is 1.00 bits per heavy atom. The fourth-order valence-electron chi connectivity index (χ4n) is 4.85. The van der Waals surface area contributed by atoms with Crippen molar-refractivity contribution in [3.63, 3.8) is 0 Å². The Hall–Kier alpha value is -3.33. The number of nitrogens with zero attached hydrogens (tertiary/aromatic N) is 1. The topological polar surface area (TPSA) is 83.1 Å². The molecule has 6 nitrogen and oxygen atoms in total. The zero-order chi connectivity index (χ0) is 25.4. The number of anilines is 2. The van der Waals surface area contributed by atoms with Crippen LogP contribution in [0.4, 0.5) is 24.5 Å². The Balaban J connectivity index is 1.24. The number of alkyl halides is 3. The predicted octanol–water partition coefficient (Wildman–Crippen LogP) is 5.94. The molecule has 1 aromatic heterocycles. The fraction of sp³-hybridized carbons (Fsp3) is 0.346. The highest BCUT2D eigenvalue weighted by Gasteiger charge is 2.34. The van der Waals surface area contributed by atoms with Gasteiger partial charge in [-0.3, -0.25) is 9.59 Å². The highest BCUT2D eigenvalue weighted by Crippen LogP contribution is 2.35. The van der Waals surface area contributed by atoms with Crippen molar-refractivity contribution in [1.29, 1.82) is 0 Å². The van der Waals surface area contributed by atoms with E-state index in [1.807, 2.05) is 6.07 Å². The number of benzene rings is 2. The standard InChI is InChI=1S/C26H24ClF3N4O2/c27-16-4-9-20-19(12-16)22(13-23(33-20)26(28,29)30)31-17-5-7-18(8-6-17)32-25(36)15-2-1-14-3-10-24(35)34-21(14)11-15/h1-2,4,9,11-13,17-18H,3,5-8,10H2,(H,31,33)(H,32,36)(H,34,35). The molecule has 2 aliphatic rings. The van der Waals surface area contributed by atoms with Crippen LogP contribution in [-0.4, -0.2) is 28.9 Å². The van der Waals surface area contributed by atoms with Gasteiger partial charge in [0.05, 0.1) is 5.52 Å². The van der Waals surface area contributed by atoms with Gasteiger partial charge in [0.25, 0.3) is 5.91 Å². The van der Waals surface area contributed by atoms with Crippen molar-refractivity contribution in [2.45, 2.75) is 56.8 Å². The maximum absolute atomic E-state index is 13.4. The molecular weight excluding hydrogens is 493 g/mol. The van der Waals surface area contributed by atoms with E-state index in [-0.39, 0.29) is 29.4 Å². The Bertz CT molecular complexity index is 1340. The second-order valence-electron chi connectivity index (χ2n) is 9.30. The van der Waals surface area contributed by atoms with Crippen molar-refractivity contribution in [3.8, 4) is 0 Å². The largest absolute Gasteiger partial charge is 0.433 e. The first-order chi connectivity index (χ1) is 17.2. The van der Waals surface area contributed by atoms with Crippen LogP contribution in [0.25, 0.3) is 10.9 Å². The molecule has 0 atom stereocenters. The van der Waals surface area contributed by atoms with Crippen LogP contribution in [0.3, 0.4) is 0 Å². The first-order valence-electron chi connectivity index (χ1n) is 11.8. The van der Waals surface area contributed by atoms with Crippen LogP contribution in [0.2, 0.25) is 5.02 Å². The van der Waals surface area contributed by atoms with Crippen LogP contribution in [0, 0.1) is 0 Å². The quantitative estimate of drug-likeness (QED) is 0.400. The summed E-state index contributed by atoms with van der Waals surface area (Å²) in [4.78, 5) is 28.2. The third-order valence-electron chi connectivity index (χ3n) is 6.75.